The second kappa shape index (κ2) is 11.0. The zero-order valence-electron chi connectivity index (χ0n) is 21.5. The zero-order valence-corrected chi connectivity index (χ0v) is 21.5. The Balaban J connectivity index is 1.44. The van der Waals surface area contributed by atoms with Gasteiger partial charge in [-0.1, -0.05) is 18.1 Å². The lowest BCUT2D eigenvalue weighted by molar-refractivity contribution is -1.07. The Morgan fingerprint density at radius 2 is 1.87 bits per heavy atom. The second-order valence-electron chi connectivity index (χ2n) is 9.54. The van der Waals surface area contributed by atoms with Crippen molar-refractivity contribution in [2.45, 2.75) is 25.9 Å². The van der Waals surface area contributed by atoms with Crippen LogP contribution in [0.15, 0.2) is 60.9 Å². The molecule has 1 aromatic heterocycles. The number of halogens is 1. The maximum atomic E-state index is 13.5. The standard InChI is InChI=1S/C30H30FN4O3/c1-4-22-16-24(11-12-27(22)37-19-21-9-8-10-23(31)15-21)34-30-29-26(32-20-33-30)17-25(36-3)18-28(29)38-35(2)13-6-5-7-14-35/h1,8-12,15-18,20H,5-7,13-14,19H2,2-3H3,(H,32,33,34)/q+1. The molecule has 0 spiro atoms. The molecule has 0 bridgehead atoms. The van der Waals surface area contributed by atoms with Gasteiger partial charge in [0.2, 0.25) is 5.75 Å². The Morgan fingerprint density at radius 1 is 1.03 bits per heavy atom. The maximum absolute atomic E-state index is 13.5. The summed E-state index contributed by atoms with van der Waals surface area (Å²) in [6.07, 6.45) is 10.7. The van der Waals surface area contributed by atoms with E-state index in [2.05, 4.69) is 28.3 Å². The van der Waals surface area contributed by atoms with Gasteiger partial charge < -0.3 is 19.6 Å². The fraction of sp³-hybridized carbons (Fsp3) is 0.267. The molecular formula is C30H30FN4O3+. The van der Waals surface area contributed by atoms with Crippen LogP contribution in [-0.2, 0) is 6.61 Å². The van der Waals surface area contributed by atoms with Crippen LogP contribution in [0, 0.1) is 18.2 Å². The molecule has 1 N–H and O–H groups in total. The van der Waals surface area contributed by atoms with Crippen molar-refractivity contribution in [2.75, 3.05) is 32.6 Å². The van der Waals surface area contributed by atoms with Crippen LogP contribution in [0.3, 0.4) is 0 Å². The van der Waals surface area contributed by atoms with Crippen molar-refractivity contribution >= 4 is 22.4 Å². The molecule has 194 valence electrons. The van der Waals surface area contributed by atoms with Crippen molar-refractivity contribution in [3.63, 3.8) is 0 Å². The molecule has 0 unspecified atom stereocenters. The number of benzene rings is 3. The first-order chi connectivity index (χ1) is 18.5. The fourth-order valence-corrected chi connectivity index (χ4v) is 4.69. The molecular weight excluding hydrogens is 483 g/mol. The number of aromatic nitrogens is 2. The quantitative estimate of drug-likeness (QED) is 0.230. The molecule has 1 aliphatic rings. The van der Waals surface area contributed by atoms with Gasteiger partial charge >= 0.3 is 0 Å². The summed E-state index contributed by atoms with van der Waals surface area (Å²) in [6.45, 7) is 2.06. The minimum Gasteiger partial charge on any atom is -0.497 e. The molecule has 0 amide bonds. The average molecular weight is 514 g/mol. The van der Waals surface area contributed by atoms with Gasteiger partial charge in [0, 0.05) is 30.7 Å². The highest BCUT2D eigenvalue weighted by Gasteiger charge is 2.30. The van der Waals surface area contributed by atoms with Crippen LogP contribution in [0.25, 0.3) is 10.9 Å². The summed E-state index contributed by atoms with van der Waals surface area (Å²) in [5.74, 6) is 4.81. The highest BCUT2D eigenvalue weighted by molar-refractivity contribution is 5.96. The number of terminal acetylenes is 1. The molecule has 0 saturated carbocycles. The predicted octanol–water partition coefficient (Wildman–Crippen LogP) is 6.01. The summed E-state index contributed by atoms with van der Waals surface area (Å²) in [4.78, 5) is 15.6. The molecule has 1 saturated heterocycles. The first-order valence-electron chi connectivity index (χ1n) is 12.6. The lowest BCUT2D eigenvalue weighted by Crippen LogP contribution is -2.50. The minimum atomic E-state index is -0.308. The van der Waals surface area contributed by atoms with E-state index in [1.165, 1.54) is 24.9 Å². The predicted molar refractivity (Wildman–Crippen MR) is 145 cm³/mol. The number of quaternary nitrogens is 1. The Labute approximate surface area is 221 Å². The number of hydrogen-bond donors (Lipinski definition) is 1. The number of methoxy groups -OCH3 is 1. The SMILES string of the molecule is C#Cc1cc(Nc2ncnc3cc(OC)cc(O[N+]4(C)CCCCC4)c23)ccc1OCc1cccc(F)c1. The fourth-order valence-electron chi connectivity index (χ4n) is 4.69. The lowest BCUT2D eigenvalue weighted by atomic mass is 10.1. The Morgan fingerprint density at radius 3 is 2.63 bits per heavy atom. The number of fused-ring (bicyclic) bond motifs is 1. The van der Waals surface area contributed by atoms with Gasteiger partial charge in [-0.3, -0.25) is 0 Å². The van der Waals surface area contributed by atoms with Crippen molar-refractivity contribution < 1.29 is 23.3 Å². The van der Waals surface area contributed by atoms with E-state index >= 15 is 0 Å². The van der Waals surface area contributed by atoms with Gasteiger partial charge in [0.25, 0.3) is 0 Å². The highest BCUT2D eigenvalue weighted by atomic mass is 19.1. The summed E-state index contributed by atoms with van der Waals surface area (Å²) in [7, 11) is 3.73. The van der Waals surface area contributed by atoms with Gasteiger partial charge in [-0.2, -0.15) is 0 Å². The van der Waals surface area contributed by atoms with Crippen molar-refractivity contribution in [2.24, 2.45) is 0 Å². The van der Waals surface area contributed by atoms with Gasteiger partial charge in [-0.25, -0.2) is 14.4 Å². The average Bonchev–Trinajstić information content (AvgIpc) is 2.92. The maximum Gasteiger partial charge on any atom is 0.206 e. The van der Waals surface area contributed by atoms with Gasteiger partial charge in [-0.15, -0.1) is 11.1 Å². The van der Waals surface area contributed by atoms with Crippen LogP contribution >= 0.6 is 0 Å². The van der Waals surface area contributed by atoms with Crippen LogP contribution in [0.2, 0.25) is 0 Å². The largest absolute Gasteiger partial charge is 0.497 e. The van der Waals surface area contributed by atoms with Gasteiger partial charge in [0.15, 0.2) is 0 Å². The summed E-state index contributed by atoms with van der Waals surface area (Å²) < 4.78 is 25.4. The Kier molecular flexibility index (Phi) is 7.29. The first-order valence-corrected chi connectivity index (χ1v) is 12.6. The monoisotopic (exact) mass is 513 g/mol. The Bertz CT molecular complexity index is 1500. The molecule has 0 radical (unpaired) electrons. The number of nitrogens with one attached hydrogen (secondary N) is 1. The van der Waals surface area contributed by atoms with Crippen molar-refractivity contribution in [1.29, 1.82) is 0 Å². The van der Waals surface area contributed by atoms with Crippen molar-refractivity contribution in [3.8, 4) is 29.6 Å². The molecule has 0 aliphatic carbocycles. The first kappa shape index (κ1) is 25.3. The number of rotatable bonds is 8. The van der Waals surface area contributed by atoms with Crippen LogP contribution in [0.4, 0.5) is 15.9 Å². The summed E-state index contributed by atoms with van der Waals surface area (Å²) >= 11 is 0. The number of ether oxygens (including phenoxy) is 2. The highest BCUT2D eigenvalue weighted by Crippen LogP contribution is 2.37. The molecule has 3 aromatic carbocycles. The van der Waals surface area contributed by atoms with Gasteiger partial charge in [-0.05, 0) is 42.3 Å². The van der Waals surface area contributed by atoms with E-state index in [-0.39, 0.29) is 12.4 Å². The molecule has 4 aromatic rings. The number of likely N-dealkylation sites (tertiary alicyclic amines) is 1. The van der Waals surface area contributed by atoms with Crippen molar-refractivity contribution in [1.82, 2.24) is 9.97 Å². The van der Waals surface area contributed by atoms with E-state index < -0.39 is 0 Å². The second-order valence-corrected chi connectivity index (χ2v) is 9.54. The molecule has 8 heteroatoms. The zero-order chi connectivity index (χ0) is 26.5. The van der Waals surface area contributed by atoms with Gasteiger partial charge in [0.05, 0.1) is 23.6 Å². The number of piperidine rings is 1. The smallest absolute Gasteiger partial charge is 0.206 e. The number of nitrogens with zero attached hydrogens (tertiary/aromatic N) is 3. The minimum absolute atomic E-state index is 0.204. The number of anilines is 2. The van der Waals surface area contributed by atoms with E-state index in [4.69, 9.17) is 20.7 Å². The van der Waals surface area contributed by atoms with E-state index in [1.807, 2.05) is 24.3 Å². The van der Waals surface area contributed by atoms with Crippen LogP contribution in [0.5, 0.6) is 17.2 Å². The third-order valence-electron chi connectivity index (χ3n) is 6.67. The van der Waals surface area contributed by atoms with E-state index in [9.17, 15) is 4.39 Å². The normalized spacial score (nSPS) is 14.5. The topological polar surface area (TPSA) is 65.5 Å². The van der Waals surface area contributed by atoms with Crippen LogP contribution in [-0.4, -0.2) is 41.9 Å². The van der Waals surface area contributed by atoms with E-state index in [0.717, 1.165) is 42.6 Å². The molecule has 5 rings (SSSR count). The Hall–Kier alpha value is -4.35. The van der Waals surface area contributed by atoms with E-state index in [1.54, 1.807) is 25.3 Å². The lowest BCUT2D eigenvalue weighted by Gasteiger charge is -2.35. The molecule has 7 nitrogen and oxygen atoms in total. The number of hydroxylamine groups is 3. The third kappa shape index (κ3) is 5.63. The van der Waals surface area contributed by atoms with E-state index in [0.29, 0.717) is 38.8 Å². The molecule has 1 aliphatic heterocycles. The van der Waals surface area contributed by atoms with Crippen LogP contribution in [0.1, 0.15) is 30.4 Å². The van der Waals surface area contributed by atoms with Crippen LogP contribution < -0.4 is 19.6 Å². The third-order valence-corrected chi connectivity index (χ3v) is 6.67. The summed E-state index contributed by atoms with van der Waals surface area (Å²) in [5.41, 5.74) is 2.72. The molecule has 1 fully saturated rings. The number of hydrogen-bond acceptors (Lipinski definition) is 6. The molecule has 38 heavy (non-hydrogen) atoms. The molecule has 0 atom stereocenters. The van der Waals surface area contributed by atoms with Crippen molar-refractivity contribution in [3.05, 3.63) is 77.9 Å². The van der Waals surface area contributed by atoms with Gasteiger partial charge in [0.1, 0.15) is 56.2 Å². The summed E-state index contributed by atoms with van der Waals surface area (Å²) in [6, 6.07) is 15.5. The molecule has 2 heterocycles. The summed E-state index contributed by atoms with van der Waals surface area (Å²) in [5, 5.41) is 4.13.